The number of alkyl halides is 3. The number of aromatic nitrogens is 1. The monoisotopic (exact) mass is 463 g/mol. The third-order valence-corrected chi connectivity index (χ3v) is 7.37. The fraction of sp³-hybridized carbons (Fsp3) is 0.389. The number of nitrogens with zero attached hydrogens (tertiary/aromatic N) is 1. The summed E-state index contributed by atoms with van der Waals surface area (Å²) in [5.74, 6) is 0.0166. The van der Waals surface area contributed by atoms with Gasteiger partial charge in [-0.3, -0.25) is 0 Å². The van der Waals surface area contributed by atoms with Crippen molar-refractivity contribution in [2.45, 2.75) is 35.8 Å². The molecular formula is C18H17BrF3NO3S. The molecule has 4 nitrogen and oxygen atoms in total. The molecule has 1 aromatic heterocycles. The van der Waals surface area contributed by atoms with Crippen molar-refractivity contribution in [2.24, 2.45) is 5.92 Å². The predicted molar refractivity (Wildman–Crippen MR) is 96.6 cm³/mol. The highest BCUT2D eigenvalue weighted by Crippen LogP contribution is 2.46. The van der Waals surface area contributed by atoms with E-state index in [4.69, 9.17) is 4.74 Å². The molecule has 1 saturated heterocycles. The molecule has 27 heavy (non-hydrogen) atoms. The molecule has 2 atom stereocenters. The van der Waals surface area contributed by atoms with E-state index in [2.05, 4.69) is 20.9 Å². The smallest absolute Gasteiger partial charge is 0.354 e. The topological polar surface area (TPSA) is 56.3 Å². The zero-order valence-electron chi connectivity index (χ0n) is 14.3. The Bertz CT molecular complexity index is 932. The number of benzene rings is 1. The second-order valence-corrected chi connectivity index (χ2v) is 9.55. The second kappa shape index (κ2) is 7.18. The highest BCUT2D eigenvalue weighted by Gasteiger charge is 2.51. The average Bonchev–Trinajstić information content (AvgIpc) is 2.61. The molecule has 3 rings (SSSR count). The Morgan fingerprint density at radius 3 is 2.59 bits per heavy atom. The third-order valence-electron chi connectivity index (χ3n) is 4.64. The first-order valence-electron chi connectivity index (χ1n) is 8.24. The van der Waals surface area contributed by atoms with E-state index >= 15 is 0 Å². The summed E-state index contributed by atoms with van der Waals surface area (Å²) in [6, 6.07) is 6.92. The fourth-order valence-corrected chi connectivity index (χ4v) is 5.55. The van der Waals surface area contributed by atoms with Gasteiger partial charge in [-0.1, -0.05) is 19.1 Å². The first-order chi connectivity index (χ1) is 12.6. The van der Waals surface area contributed by atoms with Crippen molar-refractivity contribution in [2.75, 3.05) is 6.61 Å². The van der Waals surface area contributed by atoms with E-state index in [9.17, 15) is 21.6 Å². The van der Waals surface area contributed by atoms with E-state index in [0.29, 0.717) is 22.7 Å². The lowest BCUT2D eigenvalue weighted by Crippen LogP contribution is -2.44. The number of hydrogen-bond donors (Lipinski definition) is 0. The zero-order chi connectivity index (χ0) is 19.9. The van der Waals surface area contributed by atoms with Gasteiger partial charge in [0.15, 0.2) is 4.93 Å². The van der Waals surface area contributed by atoms with Gasteiger partial charge in [0.1, 0.15) is 4.60 Å². The minimum absolute atomic E-state index is 0.0166. The fourth-order valence-electron chi connectivity index (χ4n) is 3.22. The summed E-state index contributed by atoms with van der Waals surface area (Å²) in [6.07, 6.45) is -2.45. The average molecular weight is 464 g/mol. The molecule has 0 bridgehead atoms. The Balaban J connectivity index is 2.18. The predicted octanol–water partition coefficient (Wildman–Crippen LogP) is 4.94. The third kappa shape index (κ3) is 3.77. The van der Waals surface area contributed by atoms with Crippen LogP contribution in [0.5, 0.6) is 0 Å². The summed E-state index contributed by atoms with van der Waals surface area (Å²) in [4.78, 5) is 1.88. The SMILES string of the molecule is CC1CCOC(c2ccc(Br)nc2)(S(=O)(=O)c2cccc(C(F)(F)F)c2)C1. The molecule has 1 aliphatic heterocycles. The van der Waals surface area contributed by atoms with E-state index in [1.54, 1.807) is 12.1 Å². The summed E-state index contributed by atoms with van der Waals surface area (Å²) < 4.78 is 72.5. The van der Waals surface area contributed by atoms with Gasteiger partial charge in [-0.25, -0.2) is 13.4 Å². The summed E-state index contributed by atoms with van der Waals surface area (Å²) >= 11 is 3.20. The Hall–Kier alpha value is -1.45. The van der Waals surface area contributed by atoms with Crippen LogP contribution in [0.2, 0.25) is 0 Å². The van der Waals surface area contributed by atoms with Crippen molar-refractivity contribution in [1.82, 2.24) is 4.98 Å². The first-order valence-corrected chi connectivity index (χ1v) is 10.5. The number of rotatable bonds is 3. The van der Waals surface area contributed by atoms with Gasteiger partial charge in [0.25, 0.3) is 0 Å². The van der Waals surface area contributed by atoms with E-state index in [1.807, 2.05) is 6.92 Å². The van der Waals surface area contributed by atoms with Gasteiger partial charge >= 0.3 is 6.18 Å². The number of halogens is 4. The largest absolute Gasteiger partial charge is 0.416 e. The maximum atomic E-state index is 13.5. The summed E-state index contributed by atoms with van der Waals surface area (Å²) in [7, 11) is -4.28. The lowest BCUT2D eigenvalue weighted by molar-refractivity contribution is -0.137. The van der Waals surface area contributed by atoms with Crippen LogP contribution in [-0.4, -0.2) is 20.0 Å². The van der Waals surface area contributed by atoms with Crippen LogP contribution >= 0.6 is 15.9 Å². The molecule has 0 aliphatic carbocycles. The summed E-state index contributed by atoms with van der Waals surface area (Å²) in [6.45, 7) is 2.08. The van der Waals surface area contributed by atoms with Crippen LogP contribution in [0, 0.1) is 5.92 Å². The molecule has 1 aromatic carbocycles. The van der Waals surface area contributed by atoms with Crippen LogP contribution in [0.15, 0.2) is 52.1 Å². The van der Waals surface area contributed by atoms with Crippen molar-refractivity contribution in [3.8, 4) is 0 Å². The maximum absolute atomic E-state index is 13.5. The lowest BCUT2D eigenvalue weighted by Gasteiger charge is -2.39. The first kappa shape index (κ1) is 20.3. The number of sulfone groups is 1. The van der Waals surface area contributed by atoms with Crippen LogP contribution in [0.1, 0.15) is 30.9 Å². The number of hydrogen-bond acceptors (Lipinski definition) is 4. The van der Waals surface area contributed by atoms with Crippen molar-refractivity contribution in [1.29, 1.82) is 0 Å². The number of pyridine rings is 1. The van der Waals surface area contributed by atoms with Gasteiger partial charge in [-0.2, -0.15) is 13.2 Å². The van der Waals surface area contributed by atoms with Crippen LogP contribution in [0.3, 0.4) is 0 Å². The molecule has 146 valence electrons. The van der Waals surface area contributed by atoms with Gasteiger partial charge in [0.2, 0.25) is 9.84 Å². The minimum atomic E-state index is -4.64. The van der Waals surface area contributed by atoms with Crippen molar-refractivity contribution >= 4 is 25.8 Å². The lowest BCUT2D eigenvalue weighted by atomic mass is 9.93. The van der Waals surface area contributed by atoms with E-state index < -0.39 is 31.4 Å². The van der Waals surface area contributed by atoms with Crippen LogP contribution in [0.4, 0.5) is 13.2 Å². The van der Waals surface area contributed by atoms with E-state index in [-0.39, 0.29) is 18.9 Å². The van der Waals surface area contributed by atoms with Crippen LogP contribution in [-0.2, 0) is 25.7 Å². The van der Waals surface area contributed by atoms with Gasteiger partial charge in [-0.15, -0.1) is 0 Å². The maximum Gasteiger partial charge on any atom is 0.416 e. The Kier molecular flexibility index (Phi) is 5.39. The van der Waals surface area contributed by atoms with Gasteiger partial charge < -0.3 is 4.74 Å². The molecule has 2 heterocycles. The molecule has 1 fully saturated rings. The quantitative estimate of drug-likeness (QED) is 0.605. The van der Waals surface area contributed by atoms with Crippen molar-refractivity contribution in [3.63, 3.8) is 0 Å². The van der Waals surface area contributed by atoms with Crippen LogP contribution < -0.4 is 0 Å². The molecule has 0 spiro atoms. The van der Waals surface area contributed by atoms with Crippen LogP contribution in [0.25, 0.3) is 0 Å². The summed E-state index contributed by atoms with van der Waals surface area (Å²) in [5, 5.41) is 0. The van der Waals surface area contributed by atoms with Crippen molar-refractivity contribution < 1.29 is 26.3 Å². The molecular weight excluding hydrogens is 447 g/mol. The Morgan fingerprint density at radius 2 is 2.00 bits per heavy atom. The normalized spacial score (nSPS) is 24.0. The van der Waals surface area contributed by atoms with Gasteiger partial charge in [0.05, 0.1) is 10.5 Å². The molecule has 0 radical (unpaired) electrons. The van der Waals surface area contributed by atoms with Gasteiger partial charge in [-0.05, 0) is 59.0 Å². The molecule has 1 aliphatic rings. The molecule has 0 N–H and O–H groups in total. The Labute approximate surface area is 163 Å². The van der Waals surface area contributed by atoms with E-state index in [1.165, 1.54) is 12.3 Å². The molecule has 2 unspecified atom stereocenters. The standard InChI is InChI=1S/C18H17BrF3NO3S/c1-12-7-8-26-17(10-12,14-5-6-16(19)23-11-14)27(24,25)15-4-2-3-13(9-15)18(20,21)22/h2-6,9,11-12H,7-8,10H2,1H3. The van der Waals surface area contributed by atoms with Gasteiger partial charge in [0, 0.05) is 18.4 Å². The van der Waals surface area contributed by atoms with Crippen molar-refractivity contribution in [3.05, 3.63) is 58.3 Å². The second-order valence-electron chi connectivity index (χ2n) is 6.60. The zero-order valence-corrected chi connectivity index (χ0v) is 16.7. The highest BCUT2D eigenvalue weighted by molar-refractivity contribution is 9.10. The minimum Gasteiger partial charge on any atom is -0.354 e. The molecule has 0 saturated carbocycles. The molecule has 0 amide bonds. The number of ether oxygens (including phenoxy) is 1. The van der Waals surface area contributed by atoms with E-state index in [0.717, 1.165) is 12.1 Å². The molecule has 2 aromatic rings. The highest BCUT2D eigenvalue weighted by atomic mass is 79.9. The Morgan fingerprint density at radius 1 is 1.26 bits per heavy atom. The molecule has 9 heteroatoms. The summed E-state index contributed by atoms with van der Waals surface area (Å²) in [5.41, 5.74) is -0.717.